The van der Waals surface area contributed by atoms with Gasteiger partial charge in [-0.1, -0.05) is 30.3 Å². The largest absolute Gasteiger partial charge is 0.507 e. The van der Waals surface area contributed by atoms with E-state index in [0.717, 1.165) is 5.56 Å². The van der Waals surface area contributed by atoms with Gasteiger partial charge in [-0.2, -0.15) is 0 Å². The number of Topliss-reactive ketones (excluding diaryl/α,β-unsaturated/α-hetero) is 1. The SMILES string of the molecule is CCOc1ccc(/C(O)=C2\C(=O)C(=O)N(c3nccs3)[C@@H]2c2ccccc2)cc1. The van der Waals surface area contributed by atoms with Crippen molar-refractivity contribution in [2.75, 3.05) is 11.5 Å². The van der Waals surface area contributed by atoms with Gasteiger partial charge in [-0.3, -0.25) is 14.5 Å². The topological polar surface area (TPSA) is 79.7 Å². The normalized spacial score (nSPS) is 18.2. The van der Waals surface area contributed by atoms with Crippen LogP contribution in [0.15, 0.2) is 71.7 Å². The molecule has 0 unspecified atom stereocenters. The lowest BCUT2D eigenvalue weighted by Gasteiger charge is -2.22. The van der Waals surface area contributed by atoms with Gasteiger partial charge in [-0.25, -0.2) is 4.98 Å². The average molecular weight is 406 g/mol. The maximum Gasteiger partial charge on any atom is 0.301 e. The zero-order chi connectivity index (χ0) is 20.4. The first-order chi connectivity index (χ1) is 14.1. The van der Waals surface area contributed by atoms with Crippen molar-refractivity contribution in [2.45, 2.75) is 13.0 Å². The van der Waals surface area contributed by atoms with Gasteiger partial charge in [-0.15, -0.1) is 11.3 Å². The molecule has 1 N–H and O–H groups in total. The molecular weight excluding hydrogens is 388 g/mol. The number of aliphatic hydroxyl groups is 1. The smallest absolute Gasteiger partial charge is 0.301 e. The second-order valence-electron chi connectivity index (χ2n) is 6.35. The van der Waals surface area contributed by atoms with Gasteiger partial charge in [0.15, 0.2) is 5.13 Å². The number of amides is 1. The molecule has 0 radical (unpaired) electrons. The second-order valence-corrected chi connectivity index (χ2v) is 7.22. The molecule has 1 fully saturated rings. The van der Waals surface area contributed by atoms with Gasteiger partial charge in [0.2, 0.25) is 0 Å². The Morgan fingerprint density at radius 3 is 2.48 bits per heavy atom. The van der Waals surface area contributed by atoms with E-state index in [1.165, 1.54) is 16.2 Å². The average Bonchev–Trinajstić information content (AvgIpc) is 3.36. The molecule has 146 valence electrons. The van der Waals surface area contributed by atoms with Crippen LogP contribution in [-0.2, 0) is 9.59 Å². The minimum absolute atomic E-state index is 0.0422. The molecule has 6 nitrogen and oxygen atoms in total. The van der Waals surface area contributed by atoms with Crippen molar-refractivity contribution in [1.82, 2.24) is 4.98 Å². The monoisotopic (exact) mass is 406 g/mol. The number of hydrogen-bond donors (Lipinski definition) is 1. The van der Waals surface area contributed by atoms with Gasteiger partial charge in [0.25, 0.3) is 5.78 Å². The van der Waals surface area contributed by atoms with Gasteiger partial charge in [0, 0.05) is 17.1 Å². The van der Waals surface area contributed by atoms with E-state index in [1.54, 1.807) is 35.8 Å². The third kappa shape index (κ3) is 3.40. The summed E-state index contributed by atoms with van der Waals surface area (Å²) in [7, 11) is 0. The summed E-state index contributed by atoms with van der Waals surface area (Å²) in [4.78, 5) is 31.3. The fourth-order valence-corrected chi connectivity index (χ4v) is 4.01. The van der Waals surface area contributed by atoms with Gasteiger partial charge in [0.05, 0.1) is 18.2 Å². The number of thiazole rings is 1. The predicted molar refractivity (Wildman–Crippen MR) is 111 cm³/mol. The van der Waals surface area contributed by atoms with Gasteiger partial charge < -0.3 is 9.84 Å². The standard InChI is InChI=1S/C22H18N2O4S/c1-2-28-16-10-8-15(9-11-16)19(25)17-18(14-6-4-3-5-7-14)24(21(27)20(17)26)22-23-12-13-29-22/h3-13,18,25H,2H2,1H3/b19-17+/t18-/m1/s1. The van der Waals surface area contributed by atoms with Crippen molar-refractivity contribution in [3.8, 4) is 5.75 Å². The van der Waals surface area contributed by atoms with E-state index in [4.69, 9.17) is 4.74 Å². The number of ether oxygens (including phenoxy) is 1. The molecule has 7 heteroatoms. The highest BCUT2D eigenvalue weighted by Gasteiger charge is 2.47. The second kappa shape index (κ2) is 7.89. The summed E-state index contributed by atoms with van der Waals surface area (Å²) in [5, 5.41) is 13.1. The summed E-state index contributed by atoms with van der Waals surface area (Å²) in [6.07, 6.45) is 1.58. The van der Waals surface area contributed by atoms with E-state index >= 15 is 0 Å². The molecular formula is C22H18N2O4S. The van der Waals surface area contributed by atoms with Crippen LogP contribution < -0.4 is 9.64 Å². The van der Waals surface area contributed by atoms with Crippen LogP contribution in [0.4, 0.5) is 5.13 Å². The van der Waals surface area contributed by atoms with Crippen LogP contribution in [0, 0.1) is 0 Å². The lowest BCUT2D eigenvalue weighted by molar-refractivity contribution is -0.132. The van der Waals surface area contributed by atoms with E-state index in [9.17, 15) is 14.7 Å². The maximum atomic E-state index is 12.9. The number of aromatic nitrogens is 1. The molecule has 1 amide bonds. The number of benzene rings is 2. The van der Waals surface area contributed by atoms with Crippen LogP contribution in [-0.4, -0.2) is 28.4 Å². The molecule has 4 rings (SSSR count). The Labute approximate surface area is 171 Å². The summed E-state index contributed by atoms with van der Waals surface area (Å²) in [6, 6.07) is 15.2. The Kier molecular flexibility index (Phi) is 5.14. The Hall–Kier alpha value is -3.45. The molecule has 0 bridgehead atoms. The Bertz CT molecular complexity index is 1060. The van der Waals surface area contributed by atoms with Crippen molar-refractivity contribution >= 4 is 33.9 Å². The molecule has 1 aliphatic heterocycles. The van der Waals surface area contributed by atoms with Gasteiger partial charge >= 0.3 is 5.91 Å². The van der Waals surface area contributed by atoms with Gasteiger partial charge in [-0.05, 0) is 36.8 Å². The first-order valence-corrected chi connectivity index (χ1v) is 9.98. The highest BCUT2D eigenvalue weighted by molar-refractivity contribution is 7.14. The first-order valence-electron chi connectivity index (χ1n) is 9.10. The molecule has 1 saturated heterocycles. The van der Waals surface area contributed by atoms with Crippen molar-refractivity contribution < 1.29 is 19.4 Å². The highest BCUT2D eigenvalue weighted by atomic mass is 32.1. The molecule has 29 heavy (non-hydrogen) atoms. The molecule has 1 aliphatic rings. The van der Waals surface area contributed by atoms with Crippen molar-refractivity contribution in [3.63, 3.8) is 0 Å². The Morgan fingerprint density at radius 1 is 1.14 bits per heavy atom. The van der Waals surface area contributed by atoms with Crippen molar-refractivity contribution in [2.24, 2.45) is 0 Å². The third-order valence-electron chi connectivity index (χ3n) is 4.62. The number of hydrogen-bond acceptors (Lipinski definition) is 6. The quantitative estimate of drug-likeness (QED) is 0.391. The molecule has 2 heterocycles. The molecule has 0 aliphatic carbocycles. The fourth-order valence-electron chi connectivity index (χ4n) is 3.35. The third-order valence-corrected chi connectivity index (χ3v) is 5.39. The molecule has 1 atom stereocenters. The van der Waals surface area contributed by atoms with Crippen LogP contribution in [0.2, 0.25) is 0 Å². The predicted octanol–water partition coefficient (Wildman–Crippen LogP) is 4.17. The summed E-state index contributed by atoms with van der Waals surface area (Å²) >= 11 is 1.26. The zero-order valence-electron chi connectivity index (χ0n) is 15.6. The lowest BCUT2D eigenvalue weighted by Crippen LogP contribution is -2.29. The number of aliphatic hydroxyl groups excluding tert-OH is 1. The number of carbonyl (C=O) groups excluding carboxylic acids is 2. The Balaban J connectivity index is 1.86. The fraction of sp³-hybridized carbons (Fsp3) is 0.136. The Morgan fingerprint density at radius 2 is 1.86 bits per heavy atom. The van der Waals surface area contributed by atoms with E-state index in [0.29, 0.717) is 23.1 Å². The number of anilines is 1. The van der Waals surface area contributed by atoms with Crippen molar-refractivity contribution in [3.05, 3.63) is 82.9 Å². The van der Waals surface area contributed by atoms with Crippen LogP contribution in [0.3, 0.4) is 0 Å². The van der Waals surface area contributed by atoms with Crippen LogP contribution in [0.5, 0.6) is 5.75 Å². The van der Waals surface area contributed by atoms with E-state index in [-0.39, 0.29) is 11.3 Å². The maximum absolute atomic E-state index is 12.9. The summed E-state index contributed by atoms with van der Waals surface area (Å²) in [6.45, 7) is 2.41. The number of rotatable bonds is 5. The molecule has 0 saturated carbocycles. The summed E-state index contributed by atoms with van der Waals surface area (Å²) < 4.78 is 5.43. The van der Waals surface area contributed by atoms with E-state index in [1.807, 2.05) is 37.3 Å². The summed E-state index contributed by atoms with van der Waals surface area (Å²) in [5.74, 6) is -1.01. The zero-order valence-corrected chi connectivity index (χ0v) is 16.4. The number of nitrogens with zero attached hydrogens (tertiary/aromatic N) is 2. The number of carbonyl (C=O) groups is 2. The minimum Gasteiger partial charge on any atom is -0.507 e. The minimum atomic E-state index is -0.756. The molecule has 1 aromatic heterocycles. The highest BCUT2D eigenvalue weighted by Crippen LogP contribution is 2.42. The van der Waals surface area contributed by atoms with Crippen molar-refractivity contribution in [1.29, 1.82) is 0 Å². The van der Waals surface area contributed by atoms with Gasteiger partial charge in [0.1, 0.15) is 11.5 Å². The lowest BCUT2D eigenvalue weighted by atomic mass is 9.95. The molecule has 0 spiro atoms. The van der Waals surface area contributed by atoms with Crippen LogP contribution in [0.1, 0.15) is 24.1 Å². The molecule has 3 aromatic rings. The number of ketones is 1. The van der Waals surface area contributed by atoms with Crippen LogP contribution >= 0.6 is 11.3 Å². The van der Waals surface area contributed by atoms with E-state index < -0.39 is 17.7 Å². The molecule has 2 aromatic carbocycles. The van der Waals surface area contributed by atoms with Crippen LogP contribution in [0.25, 0.3) is 5.76 Å². The summed E-state index contributed by atoms with van der Waals surface area (Å²) in [5.41, 5.74) is 1.20. The first kappa shape index (κ1) is 18.9. The van der Waals surface area contributed by atoms with E-state index in [2.05, 4.69) is 4.98 Å².